The van der Waals surface area contributed by atoms with Crippen molar-refractivity contribution in [1.29, 1.82) is 0 Å². The second-order valence-corrected chi connectivity index (χ2v) is 6.33. The van der Waals surface area contributed by atoms with E-state index in [4.69, 9.17) is 4.74 Å². The van der Waals surface area contributed by atoms with Crippen LogP contribution in [0.25, 0.3) is 5.82 Å². The highest BCUT2D eigenvalue weighted by atomic mass is 127. The molecule has 0 aromatic carbocycles. The van der Waals surface area contributed by atoms with Gasteiger partial charge in [0.05, 0.1) is 6.61 Å². The average molecular weight is 470 g/mol. The van der Waals surface area contributed by atoms with E-state index in [1.54, 1.807) is 13.3 Å². The summed E-state index contributed by atoms with van der Waals surface area (Å²) in [6, 6.07) is 4.10. The minimum atomic E-state index is 0. The van der Waals surface area contributed by atoms with Gasteiger partial charge in [-0.15, -0.1) is 24.0 Å². The van der Waals surface area contributed by atoms with Crippen molar-refractivity contribution in [3.05, 3.63) is 42.1 Å². The third kappa shape index (κ3) is 4.94. The molecule has 1 atom stereocenters. The van der Waals surface area contributed by atoms with Crippen LogP contribution < -0.4 is 5.32 Å². The van der Waals surface area contributed by atoms with Gasteiger partial charge in [-0.1, -0.05) is 6.07 Å². The fraction of sp³-hybridized carbons (Fsp3) is 0.500. The fourth-order valence-corrected chi connectivity index (χ4v) is 3.19. The van der Waals surface area contributed by atoms with Crippen LogP contribution >= 0.6 is 24.0 Å². The lowest BCUT2D eigenvalue weighted by molar-refractivity contribution is 0.157. The first-order chi connectivity index (χ1) is 12.2. The Kier molecular flexibility index (Phi) is 7.83. The van der Waals surface area contributed by atoms with Crippen LogP contribution in [0.1, 0.15) is 17.8 Å². The Balaban J connectivity index is 0.00000243. The molecule has 0 spiro atoms. The predicted molar refractivity (Wildman–Crippen MR) is 113 cm³/mol. The number of halogens is 1. The van der Waals surface area contributed by atoms with Crippen molar-refractivity contribution >= 4 is 29.9 Å². The van der Waals surface area contributed by atoms with Crippen molar-refractivity contribution < 1.29 is 4.74 Å². The molecule has 8 heteroatoms. The van der Waals surface area contributed by atoms with Gasteiger partial charge in [-0.3, -0.25) is 9.56 Å². The lowest BCUT2D eigenvalue weighted by Gasteiger charge is -2.21. The number of likely N-dealkylation sites (tertiary alicyclic amines) is 1. The largest absolute Gasteiger partial charge is 0.384 e. The molecule has 1 N–H and O–H groups in total. The first-order valence-corrected chi connectivity index (χ1v) is 8.61. The van der Waals surface area contributed by atoms with E-state index < -0.39 is 0 Å². The molecule has 0 amide bonds. The highest BCUT2D eigenvalue weighted by molar-refractivity contribution is 14.0. The van der Waals surface area contributed by atoms with Crippen LogP contribution in [0.3, 0.4) is 0 Å². The van der Waals surface area contributed by atoms with Gasteiger partial charge in [0, 0.05) is 58.3 Å². The molecule has 3 rings (SSSR count). The Morgan fingerprint density at radius 2 is 2.23 bits per heavy atom. The van der Waals surface area contributed by atoms with E-state index in [0.29, 0.717) is 12.5 Å². The molecule has 1 aliphatic heterocycles. The molecule has 0 aliphatic carbocycles. The summed E-state index contributed by atoms with van der Waals surface area (Å²) in [6.07, 6.45) is 6.74. The van der Waals surface area contributed by atoms with Crippen LogP contribution in [-0.2, 0) is 11.3 Å². The maximum Gasteiger partial charge on any atom is 0.193 e. The van der Waals surface area contributed by atoms with Crippen LogP contribution in [0, 0.1) is 12.8 Å². The summed E-state index contributed by atoms with van der Waals surface area (Å²) < 4.78 is 7.23. The van der Waals surface area contributed by atoms with E-state index in [9.17, 15) is 0 Å². The van der Waals surface area contributed by atoms with E-state index in [1.807, 2.05) is 37.0 Å². The number of nitrogens with one attached hydrogen (secondary N) is 1. The topological polar surface area (TPSA) is 67.6 Å². The number of hydrogen-bond acceptors (Lipinski definition) is 4. The first-order valence-electron chi connectivity index (χ1n) is 8.61. The number of aliphatic imine (C=N–C) groups is 1. The van der Waals surface area contributed by atoms with Crippen molar-refractivity contribution in [1.82, 2.24) is 24.8 Å². The van der Waals surface area contributed by atoms with Crippen LogP contribution in [-0.4, -0.2) is 59.2 Å². The third-order valence-corrected chi connectivity index (χ3v) is 4.53. The van der Waals surface area contributed by atoms with Gasteiger partial charge in [0.1, 0.15) is 11.6 Å². The minimum absolute atomic E-state index is 0. The summed E-state index contributed by atoms with van der Waals surface area (Å²) in [6.45, 7) is 5.49. The Bertz CT molecular complexity index is 715. The van der Waals surface area contributed by atoms with E-state index in [-0.39, 0.29) is 24.0 Å². The first kappa shape index (κ1) is 20.6. The molecule has 7 nitrogen and oxygen atoms in total. The summed E-state index contributed by atoms with van der Waals surface area (Å²) in [7, 11) is 3.59. The lowest BCUT2D eigenvalue weighted by Crippen LogP contribution is -2.39. The number of methoxy groups -OCH3 is 1. The van der Waals surface area contributed by atoms with Gasteiger partial charge >= 0.3 is 0 Å². The van der Waals surface area contributed by atoms with E-state index in [0.717, 1.165) is 49.3 Å². The molecule has 26 heavy (non-hydrogen) atoms. The molecular weight excluding hydrogens is 443 g/mol. The molecule has 3 heterocycles. The number of imidazole rings is 1. The molecule has 1 aliphatic rings. The highest BCUT2D eigenvalue weighted by Gasteiger charge is 2.24. The molecule has 142 valence electrons. The second-order valence-electron chi connectivity index (χ2n) is 6.33. The highest BCUT2D eigenvalue weighted by Crippen LogP contribution is 2.16. The van der Waals surface area contributed by atoms with Gasteiger partial charge < -0.3 is 15.0 Å². The summed E-state index contributed by atoms with van der Waals surface area (Å²) in [5.41, 5.74) is 1.12. The summed E-state index contributed by atoms with van der Waals surface area (Å²) in [5, 5.41) is 3.43. The van der Waals surface area contributed by atoms with Gasteiger partial charge in [0.25, 0.3) is 0 Å². The minimum Gasteiger partial charge on any atom is -0.384 e. The standard InChI is InChI=1S/C18H26N6O.HI/c1-14-20-7-9-24(14)17-5-4-15(10-21-17)11-22-18(19-2)23-8-6-16(12-23)13-25-3;/h4-5,7,9-10,16H,6,8,11-13H2,1-3H3,(H,19,22);1H. The number of aromatic nitrogens is 3. The lowest BCUT2D eigenvalue weighted by atomic mass is 10.1. The number of aryl methyl sites for hydroxylation is 1. The maximum atomic E-state index is 5.27. The van der Waals surface area contributed by atoms with Gasteiger partial charge in [-0.05, 0) is 25.0 Å². The number of guanidine groups is 1. The quantitative estimate of drug-likeness (QED) is 0.413. The Morgan fingerprint density at radius 3 is 2.85 bits per heavy atom. The zero-order valence-electron chi connectivity index (χ0n) is 15.6. The molecule has 0 radical (unpaired) electrons. The summed E-state index contributed by atoms with van der Waals surface area (Å²) in [5.74, 6) is 3.33. The van der Waals surface area contributed by atoms with Gasteiger partial charge in [0.2, 0.25) is 0 Å². The molecule has 2 aromatic rings. The Hall–Kier alpha value is -1.68. The van der Waals surface area contributed by atoms with Crippen molar-refractivity contribution in [2.24, 2.45) is 10.9 Å². The van der Waals surface area contributed by atoms with E-state index in [2.05, 4.69) is 31.2 Å². The van der Waals surface area contributed by atoms with Crippen molar-refractivity contribution in [3.8, 4) is 5.82 Å². The van der Waals surface area contributed by atoms with Gasteiger partial charge in [-0.25, -0.2) is 9.97 Å². The molecule has 1 fully saturated rings. The number of hydrogen-bond donors (Lipinski definition) is 1. The van der Waals surface area contributed by atoms with Crippen molar-refractivity contribution in [2.75, 3.05) is 33.9 Å². The maximum absolute atomic E-state index is 5.27. The Morgan fingerprint density at radius 1 is 1.38 bits per heavy atom. The predicted octanol–water partition coefficient (Wildman–Crippen LogP) is 2.24. The summed E-state index contributed by atoms with van der Waals surface area (Å²) >= 11 is 0. The fourth-order valence-electron chi connectivity index (χ4n) is 3.19. The molecule has 1 saturated heterocycles. The zero-order chi connectivity index (χ0) is 17.6. The number of pyridine rings is 1. The van der Waals surface area contributed by atoms with Crippen LogP contribution in [0.15, 0.2) is 35.7 Å². The normalized spacial score (nSPS) is 17.3. The van der Waals surface area contributed by atoms with Gasteiger partial charge in [0.15, 0.2) is 5.96 Å². The van der Waals surface area contributed by atoms with Crippen LogP contribution in [0.5, 0.6) is 0 Å². The van der Waals surface area contributed by atoms with Crippen molar-refractivity contribution in [2.45, 2.75) is 19.9 Å². The van der Waals surface area contributed by atoms with Crippen LogP contribution in [0.2, 0.25) is 0 Å². The third-order valence-electron chi connectivity index (χ3n) is 4.53. The van der Waals surface area contributed by atoms with E-state index in [1.165, 1.54) is 0 Å². The van der Waals surface area contributed by atoms with Crippen LogP contribution in [0.4, 0.5) is 0 Å². The molecule has 2 aromatic heterocycles. The molecule has 0 bridgehead atoms. The molecular formula is C18H27IN6O. The zero-order valence-corrected chi connectivity index (χ0v) is 17.9. The molecule has 0 saturated carbocycles. The second kappa shape index (κ2) is 9.86. The summed E-state index contributed by atoms with van der Waals surface area (Å²) in [4.78, 5) is 15.5. The SMILES string of the molecule is CN=C(NCc1ccc(-n2ccnc2C)nc1)N1CCC(COC)C1.I. The van der Waals surface area contributed by atoms with Gasteiger partial charge in [-0.2, -0.15) is 0 Å². The molecule has 1 unspecified atom stereocenters. The van der Waals surface area contributed by atoms with E-state index >= 15 is 0 Å². The van der Waals surface area contributed by atoms with Crippen molar-refractivity contribution in [3.63, 3.8) is 0 Å². The number of ether oxygens (including phenoxy) is 1. The number of nitrogens with zero attached hydrogens (tertiary/aromatic N) is 5. The smallest absolute Gasteiger partial charge is 0.193 e. The number of rotatable bonds is 5. The monoisotopic (exact) mass is 470 g/mol. The Labute approximate surface area is 171 Å². The average Bonchev–Trinajstić information content (AvgIpc) is 3.26.